The van der Waals surface area contributed by atoms with Crippen LogP contribution in [0.15, 0.2) is 0 Å². The van der Waals surface area contributed by atoms with Crippen molar-refractivity contribution in [2.75, 3.05) is 6.61 Å². The highest BCUT2D eigenvalue weighted by Gasteiger charge is 2.18. The number of Topliss-reactive ketones (excluding diaryl/α,β-unsaturated/α-hetero) is 1. The van der Waals surface area contributed by atoms with Gasteiger partial charge in [0, 0.05) is 6.42 Å². The summed E-state index contributed by atoms with van der Waals surface area (Å²) in [5.41, 5.74) is 0. The first-order chi connectivity index (χ1) is 6.61. The normalized spacial score (nSPS) is 12.2. The molecule has 0 aromatic rings. The molecule has 0 bridgehead atoms. The molecule has 3 nitrogen and oxygen atoms in total. The van der Waals surface area contributed by atoms with Crippen molar-refractivity contribution in [1.82, 2.24) is 0 Å². The van der Waals surface area contributed by atoms with Crippen molar-refractivity contribution in [1.29, 1.82) is 0 Å². The molecule has 0 spiro atoms. The number of unbranched alkanes of at least 4 members (excludes halogenated alkanes) is 1. The van der Waals surface area contributed by atoms with Gasteiger partial charge in [-0.25, -0.2) is 0 Å². The van der Waals surface area contributed by atoms with E-state index in [0.717, 1.165) is 12.8 Å². The standard InChI is InChI=1S/C10H17ClO3/c1-3-5-6-9(12)8(11)7-10(13)14-4-2/h8H,3-7H2,1-2H3. The molecule has 14 heavy (non-hydrogen) atoms. The smallest absolute Gasteiger partial charge is 0.307 e. The second-order valence-corrected chi connectivity index (χ2v) is 3.57. The van der Waals surface area contributed by atoms with E-state index in [-0.39, 0.29) is 12.2 Å². The Hall–Kier alpha value is -0.570. The van der Waals surface area contributed by atoms with Gasteiger partial charge in [-0.1, -0.05) is 13.3 Å². The molecule has 0 saturated heterocycles. The predicted molar refractivity (Wildman–Crippen MR) is 55.4 cm³/mol. The van der Waals surface area contributed by atoms with E-state index >= 15 is 0 Å². The molecular formula is C10H17ClO3. The number of ether oxygens (including phenoxy) is 1. The molecule has 0 aliphatic carbocycles. The lowest BCUT2D eigenvalue weighted by Gasteiger charge is -2.07. The number of carbonyl (C=O) groups is 2. The van der Waals surface area contributed by atoms with Gasteiger partial charge in [0.15, 0.2) is 5.78 Å². The number of ketones is 1. The van der Waals surface area contributed by atoms with Gasteiger partial charge < -0.3 is 4.74 Å². The third-order valence-electron chi connectivity index (χ3n) is 1.78. The molecule has 0 aliphatic heterocycles. The summed E-state index contributed by atoms with van der Waals surface area (Å²) in [5.74, 6) is -0.473. The van der Waals surface area contributed by atoms with Crippen LogP contribution in [0.1, 0.15) is 39.5 Å². The van der Waals surface area contributed by atoms with Crippen molar-refractivity contribution >= 4 is 23.4 Å². The maximum Gasteiger partial charge on any atom is 0.307 e. The summed E-state index contributed by atoms with van der Waals surface area (Å²) in [6.45, 7) is 4.05. The van der Waals surface area contributed by atoms with Crippen molar-refractivity contribution in [2.45, 2.75) is 44.9 Å². The number of alkyl halides is 1. The summed E-state index contributed by atoms with van der Waals surface area (Å²) in [4.78, 5) is 22.3. The fourth-order valence-corrected chi connectivity index (χ4v) is 1.22. The average molecular weight is 221 g/mol. The number of halogens is 1. The molecule has 1 unspecified atom stereocenters. The third-order valence-corrected chi connectivity index (χ3v) is 2.17. The van der Waals surface area contributed by atoms with Crippen molar-refractivity contribution in [3.8, 4) is 0 Å². The van der Waals surface area contributed by atoms with Crippen molar-refractivity contribution in [3.63, 3.8) is 0 Å². The Kier molecular flexibility index (Phi) is 7.48. The molecule has 4 heteroatoms. The fraction of sp³-hybridized carbons (Fsp3) is 0.800. The van der Waals surface area contributed by atoms with Crippen LogP contribution in [0.5, 0.6) is 0 Å². The molecule has 0 heterocycles. The van der Waals surface area contributed by atoms with E-state index < -0.39 is 11.3 Å². The van der Waals surface area contributed by atoms with E-state index in [9.17, 15) is 9.59 Å². The number of esters is 1. The first-order valence-corrected chi connectivity index (χ1v) is 5.37. The number of hydrogen-bond acceptors (Lipinski definition) is 3. The Morgan fingerprint density at radius 2 is 2.00 bits per heavy atom. The molecule has 0 rings (SSSR count). The quantitative estimate of drug-likeness (QED) is 0.489. The van der Waals surface area contributed by atoms with Gasteiger partial charge in [0.2, 0.25) is 0 Å². The van der Waals surface area contributed by atoms with Gasteiger partial charge in [0.1, 0.15) is 5.38 Å². The van der Waals surface area contributed by atoms with Crippen LogP contribution < -0.4 is 0 Å². The molecule has 0 aromatic carbocycles. The molecule has 0 aliphatic rings. The van der Waals surface area contributed by atoms with Gasteiger partial charge in [0.05, 0.1) is 13.0 Å². The summed E-state index contributed by atoms with van der Waals surface area (Å²) in [6.07, 6.45) is 2.21. The zero-order valence-corrected chi connectivity index (χ0v) is 9.47. The van der Waals surface area contributed by atoms with Crippen molar-refractivity contribution in [3.05, 3.63) is 0 Å². The largest absolute Gasteiger partial charge is 0.466 e. The van der Waals surface area contributed by atoms with Crippen LogP contribution in [0.3, 0.4) is 0 Å². The SMILES string of the molecule is CCCCC(=O)C(Cl)CC(=O)OCC. The van der Waals surface area contributed by atoms with E-state index in [0.29, 0.717) is 13.0 Å². The highest BCUT2D eigenvalue weighted by Crippen LogP contribution is 2.09. The molecule has 0 aromatic heterocycles. The number of hydrogen-bond donors (Lipinski definition) is 0. The lowest BCUT2D eigenvalue weighted by molar-refractivity contribution is -0.144. The van der Waals surface area contributed by atoms with Crippen LogP contribution in [0, 0.1) is 0 Å². The molecule has 0 amide bonds. The number of carbonyl (C=O) groups excluding carboxylic acids is 2. The Morgan fingerprint density at radius 1 is 1.36 bits per heavy atom. The lowest BCUT2D eigenvalue weighted by atomic mass is 10.1. The van der Waals surface area contributed by atoms with Crippen LogP contribution in [0.25, 0.3) is 0 Å². The second kappa shape index (κ2) is 7.80. The summed E-state index contributed by atoms with van der Waals surface area (Å²) < 4.78 is 4.69. The Bertz CT molecular complexity index is 192. The van der Waals surface area contributed by atoms with Gasteiger partial charge in [-0.05, 0) is 13.3 Å². The van der Waals surface area contributed by atoms with Crippen LogP contribution in [0.4, 0.5) is 0 Å². The topological polar surface area (TPSA) is 43.4 Å². The van der Waals surface area contributed by atoms with Crippen LogP contribution in [-0.4, -0.2) is 23.7 Å². The zero-order valence-electron chi connectivity index (χ0n) is 8.72. The van der Waals surface area contributed by atoms with Crippen molar-refractivity contribution < 1.29 is 14.3 Å². The average Bonchev–Trinajstić information content (AvgIpc) is 2.14. The summed E-state index contributed by atoms with van der Waals surface area (Å²) in [7, 11) is 0. The first kappa shape index (κ1) is 13.4. The minimum absolute atomic E-state index is 0.0159. The highest BCUT2D eigenvalue weighted by atomic mass is 35.5. The molecule has 82 valence electrons. The fourth-order valence-electron chi connectivity index (χ4n) is 0.988. The molecule has 0 N–H and O–H groups in total. The molecule has 0 fully saturated rings. The summed E-state index contributed by atoms with van der Waals surface area (Å²) in [5, 5.41) is -0.722. The van der Waals surface area contributed by atoms with E-state index in [1.807, 2.05) is 6.92 Å². The third kappa shape index (κ3) is 5.97. The summed E-state index contributed by atoms with van der Waals surface area (Å²) in [6, 6.07) is 0. The van der Waals surface area contributed by atoms with Gasteiger partial charge in [0.25, 0.3) is 0 Å². The molecule has 1 atom stereocenters. The Labute approximate surface area is 89.8 Å². The second-order valence-electron chi connectivity index (χ2n) is 3.05. The maximum absolute atomic E-state index is 11.3. The van der Waals surface area contributed by atoms with Gasteiger partial charge in [-0.2, -0.15) is 0 Å². The van der Waals surface area contributed by atoms with Gasteiger partial charge >= 0.3 is 5.97 Å². The minimum Gasteiger partial charge on any atom is -0.466 e. The monoisotopic (exact) mass is 220 g/mol. The molecule has 0 radical (unpaired) electrons. The first-order valence-electron chi connectivity index (χ1n) is 4.94. The van der Waals surface area contributed by atoms with Crippen molar-refractivity contribution in [2.24, 2.45) is 0 Å². The van der Waals surface area contributed by atoms with Gasteiger partial charge in [-0.15, -0.1) is 11.6 Å². The van der Waals surface area contributed by atoms with Crippen LogP contribution >= 0.6 is 11.6 Å². The highest BCUT2D eigenvalue weighted by molar-refractivity contribution is 6.32. The van der Waals surface area contributed by atoms with Gasteiger partial charge in [-0.3, -0.25) is 9.59 Å². The Morgan fingerprint density at radius 3 is 2.50 bits per heavy atom. The van der Waals surface area contributed by atoms with E-state index in [2.05, 4.69) is 0 Å². The zero-order chi connectivity index (χ0) is 11.0. The molecular weight excluding hydrogens is 204 g/mol. The number of rotatable bonds is 7. The Balaban J connectivity index is 3.76. The van der Waals surface area contributed by atoms with Crippen LogP contribution in [-0.2, 0) is 14.3 Å². The lowest BCUT2D eigenvalue weighted by Crippen LogP contribution is -2.19. The van der Waals surface area contributed by atoms with E-state index in [1.165, 1.54) is 0 Å². The maximum atomic E-state index is 11.3. The predicted octanol–water partition coefficient (Wildman–Crippen LogP) is 2.31. The van der Waals surface area contributed by atoms with Crippen LogP contribution in [0.2, 0.25) is 0 Å². The minimum atomic E-state index is -0.722. The van der Waals surface area contributed by atoms with E-state index in [4.69, 9.17) is 16.3 Å². The summed E-state index contributed by atoms with van der Waals surface area (Å²) >= 11 is 5.75. The van der Waals surface area contributed by atoms with E-state index in [1.54, 1.807) is 6.92 Å². The molecule has 0 saturated carbocycles.